The molecule has 2 nitrogen and oxygen atoms in total. The number of benzene rings is 5. The van der Waals surface area contributed by atoms with Gasteiger partial charge in [0.15, 0.2) is 0 Å². The molecule has 0 saturated heterocycles. The van der Waals surface area contributed by atoms with E-state index in [0.717, 1.165) is 22.7 Å². The van der Waals surface area contributed by atoms with Gasteiger partial charge < -0.3 is 10.6 Å². The summed E-state index contributed by atoms with van der Waals surface area (Å²) in [6.45, 7) is 0. The zero-order valence-corrected chi connectivity index (χ0v) is 15.4. The molecule has 5 rings (SSSR count). The second-order valence-corrected chi connectivity index (χ2v) is 6.96. The predicted octanol–water partition coefficient (Wildman–Crippen LogP) is 7.48. The Hall–Kier alpha value is -3.78. The number of anilines is 4. The molecule has 0 unspecified atom stereocenters. The summed E-state index contributed by atoms with van der Waals surface area (Å²) >= 11 is 0. The highest BCUT2D eigenvalue weighted by Gasteiger charge is 2.03. The minimum Gasteiger partial charge on any atom is -0.356 e. The SMILES string of the molecule is c1ccc(Nc2ccc3cc4cc(Nc5ccccc5)ccc4cc3c2)cc1. The average Bonchev–Trinajstić information content (AvgIpc) is 2.74. The first kappa shape index (κ1) is 16.4. The Morgan fingerprint density at radius 1 is 0.321 bits per heavy atom. The Balaban J connectivity index is 1.48. The molecule has 5 aromatic rings. The van der Waals surface area contributed by atoms with Crippen LogP contribution in [0.4, 0.5) is 22.7 Å². The van der Waals surface area contributed by atoms with Gasteiger partial charge in [0.05, 0.1) is 0 Å². The number of fused-ring (bicyclic) bond motifs is 2. The van der Waals surface area contributed by atoms with Gasteiger partial charge in [-0.15, -0.1) is 0 Å². The van der Waals surface area contributed by atoms with E-state index < -0.39 is 0 Å². The molecule has 28 heavy (non-hydrogen) atoms. The lowest BCUT2D eigenvalue weighted by atomic mass is 10.0. The summed E-state index contributed by atoms with van der Waals surface area (Å²) < 4.78 is 0. The second kappa shape index (κ2) is 7.09. The Morgan fingerprint density at radius 3 is 1.18 bits per heavy atom. The zero-order valence-electron chi connectivity index (χ0n) is 15.4. The lowest BCUT2D eigenvalue weighted by Gasteiger charge is -2.10. The smallest absolute Gasteiger partial charge is 0.0390 e. The van der Waals surface area contributed by atoms with Crippen LogP contribution in [0, 0.1) is 0 Å². The zero-order chi connectivity index (χ0) is 18.8. The molecule has 0 amide bonds. The van der Waals surface area contributed by atoms with Crippen molar-refractivity contribution in [2.75, 3.05) is 10.6 Å². The van der Waals surface area contributed by atoms with Gasteiger partial charge in [-0.05, 0) is 82.2 Å². The predicted molar refractivity (Wildman–Crippen MR) is 121 cm³/mol. The van der Waals surface area contributed by atoms with Crippen LogP contribution in [0.5, 0.6) is 0 Å². The van der Waals surface area contributed by atoms with E-state index in [9.17, 15) is 0 Å². The summed E-state index contributed by atoms with van der Waals surface area (Å²) in [7, 11) is 0. The van der Waals surface area contributed by atoms with Crippen LogP contribution in [0.25, 0.3) is 21.5 Å². The van der Waals surface area contributed by atoms with E-state index in [1.807, 2.05) is 36.4 Å². The Labute approximate surface area is 164 Å². The monoisotopic (exact) mass is 360 g/mol. The maximum absolute atomic E-state index is 3.47. The van der Waals surface area contributed by atoms with E-state index in [4.69, 9.17) is 0 Å². The van der Waals surface area contributed by atoms with Crippen molar-refractivity contribution in [1.29, 1.82) is 0 Å². The van der Waals surface area contributed by atoms with E-state index in [0.29, 0.717) is 0 Å². The molecule has 0 saturated carbocycles. The minimum atomic E-state index is 1.10. The third-order valence-electron chi connectivity index (χ3n) is 4.92. The molecule has 0 atom stereocenters. The van der Waals surface area contributed by atoms with Crippen LogP contribution in [0.15, 0.2) is 109 Å². The topological polar surface area (TPSA) is 24.1 Å². The second-order valence-electron chi connectivity index (χ2n) is 6.96. The quantitative estimate of drug-likeness (QED) is 0.325. The van der Waals surface area contributed by atoms with Gasteiger partial charge in [-0.25, -0.2) is 0 Å². The summed E-state index contributed by atoms with van der Waals surface area (Å²) in [5.41, 5.74) is 4.39. The van der Waals surface area contributed by atoms with Gasteiger partial charge in [-0.1, -0.05) is 48.5 Å². The van der Waals surface area contributed by atoms with Gasteiger partial charge in [-0.2, -0.15) is 0 Å². The van der Waals surface area contributed by atoms with Crippen molar-refractivity contribution in [3.8, 4) is 0 Å². The molecule has 0 aliphatic carbocycles. The first-order chi connectivity index (χ1) is 13.8. The van der Waals surface area contributed by atoms with Gasteiger partial charge in [0.25, 0.3) is 0 Å². The molecule has 134 valence electrons. The highest BCUT2D eigenvalue weighted by molar-refractivity contribution is 6.00. The van der Waals surface area contributed by atoms with Gasteiger partial charge in [0.1, 0.15) is 0 Å². The maximum Gasteiger partial charge on any atom is 0.0390 e. The lowest BCUT2D eigenvalue weighted by Crippen LogP contribution is -1.90. The average molecular weight is 360 g/mol. The van der Waals surface area contributed by atoms with E-state index in [2.05, 4.69) is 83.4 Å². The summed E-state index contributed by atoms with van der Waals surface area (Å²) in [5.74, 6) is 0. The molecule has 5 aromatic carbocycles. The molecule has 0 radical (unpaired) electrons. The summed E-state index contributed by atoms with van der Waals surface area (Å²) in [5, 5.41) is 11.9. The fourth-order valence-corrected chi connectivity index (χ4v) is 3.53. The van der Waals surface area contributed by atoms with Crippen molar-refractivity contribution in [1.82, 2.24) is 0 Å². The largest absolute Gasteiger partial charge is 0.356 e. The van der Waals surface area contributed by atoms with Crippen LogP contribution < -0.4 is 10.6 Å². The standard InChI is InChI=1S/C26H20N2/c1-3-7-23(8-4-1)27-25-13-11-19-16-22-18-26(28-24-9-5-2-6-10-24)14-12-20(22)15-21(19)17-25/h1-18,27-28H. The number of rotatable bonds is 4. The van der Waals surface area contributed by atoms with Gasteiger partial charge in [0, 0.05) is 22.7 Å². The summed E-state index contributed by atoms with van der Waals surface area (Å²) in [6.07, 6.45) is 0. The Kier molecular flexibility index (Phi) is 4.15. The molecule has 0 aliphatic rings. The number of nitrogens with one attached hydrogen (secondary N) is 2. The third kappa shape index (κ3) is 3.40. The van der Waals surface area contributed by atoms with Crippen molar-refractivity contribution < 1.29 is 0 Å². The van der Waals surface area contributed by atoms with Crippen molar-refractivity contribution in [3.63, 3.8) is 0 Å². The molecule has 2 N–H and O–H groups in total. The Bertz CT molecular complexity index is 1140. The molecule has 0 spiro atoms. The molecular formula is C26H20N2. The highest BCUT2D eigenvalue weighted by atomic mass is 14.9. The molecule has 0 aliphatic heterocycles. The van der Waals surface area contributed by atoms with E-state index in [1.54, 1.807) is 0 Å². The van der Waals surface area contributed by atoms with Crippen molar-refractivity contribution in [2.45, 2.75) is 0 Å². The summed E-state index contributed by atoms with van der Waals surface area (Å²) in [6, 6.07) is 38.1. The van der Waals surface area contributed by atoms with Crippen LogP contribution >= 0.6 is 0 Å². The normalized spacial score (nSPS) is 10.9. The maximum atomic E-state index is 3.47. The van der Waals surface area contributed by atoms with Gasteiger partial charge >= 0.3 is 0 Å². The van der Waals surface area contributed by atoms with E-state index in [-0.39, 0.29) is 0 Å². The van der Waals surface area contributed by atoms with E-state index in [1.165, 1.54) is 21.5 Å². The number of para-hydroxylation sites is 2. The first-order valence-corrected chi connectivity index (χ1v) is 9.45. The molecule has 0 aromatic heterocycles. The van der Waals surface area contributed by atoms with Gasteiger partial charge in [0.2, 0.25) is 0 Å². The van der Waals surface area contributed by atoms with Crippen LogP contribution in [-0.4, -0.2) is 0 Å². The summed E-state index contributed by atoms with van der Waals surface area (Å²) in [4.78, 5) is 0. The van der Waals surface area contributed by atoms with Crippen molar-refractivity contribution >= 4 is 44.3 Å². The Morgan fingerprint density at radius 2 is 0.750 bits per heavy atom. The van der Waals surface area contributed by atoms with Crippen LogP contribution in [0.2, 0.25) is 0 Å². The van der Waals surface area contributed by atoms with Crippen LogP contribution in [0.1, 0.15) is 0 Å². The molecule has 0 bridgehead atoms. The van der Waals surface area contributed by atoms with E-state index >= 15 is 0 Å². The number of hydrogen-bond donors (Lipinski definition) is 2. The van der Waals surface area contributed by atoms with Crippen LogP contribution in [0.3, 0.4) is 0 Å². The van der Waals surface area contributed by atoms with Crippen molar-refractivity contribution in [2.24, 2.45) is 0 Å². The van der Waals surface area contributed by atoms with Crippen molar-refractivity contribution in [3.05, 3.63) is 109 Å². The third-order valence-corrected chi connectivity index (χ3v) is 4.92. The highest BCUT2D eigenvalue weighted by Crippen LogP contribution is 2.29. The number of hydrogen-bond acceptors (Lipinski definition) is 2. The molecule has 2 heteroatoms. The van der Waals surface area contributed by atoms with Gasteiger partial charge in [-0.3, -0.25) is 0 Å². The fourth-order valence-electron chi connectivity index (χ4n) is 3.53. The lowest BCUT2D eigenvalue weighted by molar-refractivity contribution is 1.56. The molecule has 0 heterocycles. The molecular weight excluding hydrogens is 340 g/mol. The fraction of sp³-hybridized carbons (Fsp3) is 0. The first-order valence-electron chi connectivity index (χ1n) is 9.45. The molecule has 0 fully saturated rings. The minimum absolute atomic E-state index is 1.10. The van der Waals surface area contributed by atoms with Crippen LogP contribution in [-0.2, 0) is 0 Å².